The van der Waals surface area contributed by atoms with Crippen LogP contribution < -0.4 is 10.1 Å². The van der Waals surface area contributed by atoms with Crippen molar-refractivity contribution in [3.63, 3.8) is 0 Å². The van der Waals surface area contributed by atoms with E-state index in [1.54, 1.807) is 23.5 Å². The van der Waals surface area contributed by atoms with Crippen LogP contribution in [0.25, 0.3) is 0 Å². The van der Waals surface area contributed by atoms with E-state index in [0.717, 1.165) is 36.9 Å². The highest BCUT2D eigenvalue weighted by Gasteiger charge is 2.59. The first-order valence-electron chi connectivity index (χ1n) is 10.6. The molecule has 1 saturated carbocycles. The van der Waals surface area contributed by atoms with Crippen molar-refractivity contribution in [2.75, 3.05) is 19.5 Å². The zero-order valence-corrected chi connectivity index (χ0v) is 20.4. The van der Waals surface area contributed by atoms with E-state index in [9.17, 15) is 18.0 Å². The standard InChI is InChI=1S/C21H24N2O4S.C2H3NOS/c1-3-4-12-21(20(24)22-16-8-6-5-7-9-16)14-17(21)15-10-11-19(27-2)18(13-15)23-28(25)26;1-3-2(4)5-3/h5-11,13,17H,3-4,12,14H2,1-2H3,(H,22,24);1H3. The van der Waals surface area contributed by atoms with Gasteiger partial charge in [-0.05, 0) is 48.6 Å². The molecule has 2 aliphatic rings. The fraction of sp³-hybridized carbons (Fsp3) is 0.391. The molecule has 2 fully saturated rings. The Labute approximate surface area is 199 Å². The third-order valence-electron chi connectivity index (χ3n) is 5.75. The van der Waals surface area contributed by atoms with E-state index < -0.39 is 15.9 Å². The number of unbranched alkanes of at least 4 members (excludes halogenated alkanes) is 1. The second-order valence-electron chi connectivity index (χ2n) is 7.93. The van der Waals surface area contributed by atoms with Crippen LogP contribution >= 0.6 is 11.9 Å². The van der Waals surface area contributed by atoms with Gasteiger partial charge in [-0.15, -0.1) is 4.36 Å². The minimum absolute atomic E-state index is 0.0128. The molecular formula is C23H27N3O5S2. The summed E-state index contributed by atoms with van der Waals surface area (Å²) in [6.45, 7) is 2.11. The number of anilines is 1. The molecule has 2 unspecified atom stereocenters. The quantitative estimate of drug-likeness (QED) is 0.394. The molecule has 0 bridgehead atoms. The third kappa shape index (κ3) is 6.35. The average molecular weight is 490 g/mol. The van der Waals surface area contributed by atoms with E-state index in [2.05, 4.69) is 16.6 Å². The van der Waals surface area contributed by atoms with Gasteiger partial charge >= 0.3 is 15.7 Å². The lowest BCUT2D eigenvalue weighted by Crippen LogP contribution is -2.26. The van der Waals surface area contributed by atoms with Gasteiger partial charge in [0, 0.05) is 12.7 Å². The molecule has 0 radical (unpaired) electrons. The lowest BCUT2D eigenvalue weighted by Gasteiger charge is -2.18. The van der Waals surface area contributed by atoms with Crippen molar-refractivity contribution < 1.29 is 22.7 Å². The Balaban J connectivity index is 0.000000541. The summed E-state index contributed by atoms with van der Waals surface area (Å²) in [5.74, 6) is 0.433. The molecule has 1 heterocycles. The van der Waals surface area contributed by atoms with Crippen LogP contribution in [0, 0.1) is 5.41 Å². The van der Waals surface area contributed by atoms with E-state index in [1.165, 1.54) is 19.1 Å². The lowest BCUT2D eigenvalue weighted by molar-refractivity contribution is -0.121. The number of ether oxygens (including phenoxy) is 1. The summed E-state index contributed by atoms with van der Waals surface area (Å²) >= 11 is 1.24. The Morgan fingerprint density at radius 2 is 1.94 bits per heavy atom. The van der Waals surface area contributed by atoms with Gasteiger partial charge in [-0.25, -0.2) is 0 Å². The van der Waals surface area contributed by atoms with Crippen LogP contribution in [0.5, 0.6) is 5.75 Å². The normalized spacial score (nSPS) is 20.3. The Bertz CT molecular complexity index is 1150. The Hall–Kier alpha value is -2.85. The van der Waals surface area contributed by atoms with Crippen molar-refractivity contribution in [2.24, 2.45) is 9.78 Å². The largest absolute Gasteiger partial charge is 0.494 e. The molecule has 33 heavy (non-hydrogen) atoms. The first kappa shape index (κ1) is 24.8. The topological polar surface area (TPSA) is 105 Å². The van der Waals surface area contributed by atoms with E-state index in [1.807, 2.05) is 36.4 Å². The maximum absolute atomic E-state index is 13.1. The van der Waals surface area contributed by atoms with Crippen molar-refractivity contribution in [3.05, 3.63) is 54.1 Å². The number of nitrogens with zero attached hydrogens (tertiary/aromatic N) is 2. The van der Waals surface area contributed by atoms with Crippen LogP contribution in [0.15, 0.2) is 52.9 Å². The van der Waals surface area contributed by atoms with Gasteiger partial charge in [0.1, 0.15) is 11.4 Å². The smallest absolute Gasteiger partial charge is 0.316 e. The van der Waals surface area contributed by atoms with Crippen LogP contribution in [-0.4, -0.2) is 38.0 Å². The first-order chi connectivity index (χ1) is 15.8. The fourth-order valence-corrected chi connectivity index (χ4v) is 4.32. The summed E-state index contributed by atoms with van der Waals surface area (Å²) in [4.78, 5) is 22.9. The summed E-state index contributed by atoms with van der Waals surface area (Å²) < 4.78 is 32.4. The van der Waals surface area contributed by atoms with Gasteiger partial charge in [0.2, 0.25) is 5.91 Å². The Morgan fingerprint density at radius 3 is 2.48 bits per heavy atom. The van der Waals surface area contributed by atoms with Crippen molar-refractivity contribution in [2.45, 2.75) is 38.5 Å². The molecule has 2 atom stereocenters. The number of methoxy groups -OCH3 is 1. The summed E-state index contributed by atoms with van der Waals surface area (Å²) in [6.07, 6.45) is 3.48. The minimum Gasteiger partial charge on any atom is -0.494 e. The number of hydrogen-bond acceptors (Lipinski definition) is 7. The van der Waals surface area contributed by atoms with Gasteiger partial charge in [-0.3, -0.25) is 13.9 Å². The number of rotatable bonds is 8. The number of carbonyl (C=O) groups is 2. The van der Waals surface area contributed by atoms with Crippen LogP contribution in [0.2, 0.25) is 0 Å². The van der Waals surface area contributed by atoms with Crippen LogP contribution in [-0.2, 0) is 15.3 Å². The second-order valence-corrected chi connectivity index (χ2v) is 9.63. The highest BCUT2D eigenvalue weighted by molar-refractivity contribution is 8.21. The summed E-state index contributed by atoms with van der Waals surface area (Å²) in [5.41, 5.74) is 1.47. The Kier molecular flexibility index (Phi) is 8.15. The number of carbonyl (C=O) groups excluding carboxylic acids is 2. The van der Waals surface area contributed by atoms with Gasteiger partial charge in [-0.1, -0.05) is 44.0 Å². The highest BCUT2D eigenvalue weighted by atomic mass is 32.2. The maximum Gasteiger partial charge on any atom is 0.316 e. The molecule has 8 nitrogen and oxygen atoms in total. The number of amides is 2. The molecule has 176 valence electrons. The summed E-state index contributed by atoms with van der Waals surface area (Å²) in [6, 6.07) is 14.7. The molecule has 0 spiro atoms. The van der Waals surface area contributed by atoms with Crippen LogP contribution in [0.1, 0.15) is 44.1 Å². The van der Waals surface area contributed by atoms with Gasteiger partial charge in [0.05, 0.1) is 24.5 Å². The van der Waals surface area contributed by atoms with Gasteiger partial charge < -0.3 is 10.1 Å². The third-order valence-corrected chi connectivity index (χ3v) is 6.80. The van der Waals surface area contributed by atoms with Gasteiger partial charge in [0.25, 0.3) is 0 Å². The van der Waals surface area contributed by atoms with Crippen molar-refractivity contribution >= 4 is 45.0 Å². The van der Waals surface area contributed by atoms with Crippen LogP contribution in [0.3, 0.4) is 0 Å². The van der Waals surface area contributed by atoms with Crippen molar-refractivity contribution in [1.29, 1.82) is 0 Å². The lowest BCUT2D eigenvalue weighted by atomic mass is 9.91. The molecule has 1 aliphatic heterocycles. The predicted molar refractivity (Wildman–Crippen MR) is 129 cm³/mol. The molecule has 1 aliphatic carbocycles. The molecular weight excluding hydrogens is 462 g/mol. The minimum atomic E-state index is -2.57. The number of para-hydroxylation sites is 1. The van der Waals surface area contributed by atoms with Gasteiger partial charge in [0.15, 0.2) is 0 Å². The zero-order valence-electron chi connectivity index (χ0n) is 18.8. The molecule has 0 aromatic heterocycles. The fourth-order valence-electron chi connectivity index (χ4n) is 3.82. The molecule has 2 aromatic rings. The van der Waals surface area contributed by atoms with E-state index in [4.69, 9.17) is 4.74 Å². The molecule has 2 aromatic carbocycles. The maximum atomic E-state index is 13.1. The van der Waals surface area contributed by atoms with Crippen molar-refractivity contribution in [1.82, 2.24) is 4.31 Å². The first-order valence-corrected chi connectivity index (χ1v) is 12.4. The van der Waals surface area contributed by atoms with E-state index in [0.29, 0.717) is 5.75 Å². The number of benzene rings is 2. The summed E-state index contributed by atoms with van der Waals surface area (Å²) in [5, 5.41) is 3.21. The molecule has 10 heteroatoms. The average Bonchev–Trinajstić information content (AvgIpc) is 3.70. The van der Waals surface area contributed by atoms with E-state index in [-0.39, 0.29) is 22.8 Å². The van der Waals surface area contributed by atoms with Gasteiger partial charge in [-0.2, -0.15) is 8.42 Å². The molecule has 2 amide bonds. The SMILES string of the molecule is CCCCC1(C(=O)Nc2ccccc2)CC1c1ccc(OC)c(N=S(=O)=O)c1.CN1SC1=O. The second kappa shape index (κ2) is 10.8. The van der Waals surface area contributed by atoms with Crippen LogP contribution in [0.4, 0.5) is 16.2 Å². The molecule has 4 rings (SSSR count). The van der Waals surface area contributed by atoms with E-state index >= 15 is 0 Å². The monoisotopic (exact) mass is 489 g/mol. The molecule has 1 saturated heterocycles. The number of nitrogens with one attached hydrogen (secondary N) is 1. The van der Waals surface area contributed by atoms with Crippen molar-refractivity contribution in [3.8, 4) is 5.75 Å². The Morgan fingerprint density at radius 1 is 1.27 bits per heavy atom. The number of hydrogen-bond donors (Lipinski definition) is 1. The molecule has 1 N–H and O–H groups in total. The predicted octanol–water partition coefficient (Wildman–Crippen LogP) is 5.39. The zero-order chi connectivity index (χ0) is 24.0. The highest BCUT2D eigenvalue weighted by Crippen LogP contribution is 2.63. The summed E-state index contributed by atoms with van der Waals surface area (Å²) in [7, 11) is 0.640.